The molecule has 0 spiro atoms. The van der Waals surface area contributed by atoms with Crippen molar-refractivity contribution in [2.75, 3.05) is 13.6 Å². The summed E-state index contributed by atoms with van der Waals surface area (Å²) < 4.78 is 0. The molecule has 0 amide bonds. The van der Waals surface area contributed by atoms with Gasteiger partial charge in [-0.15, -0.1) is 0 Å². The highest BCUT2D eigenvalue weighted by Gasteiger charge is 2.18. The van der Waals surface area contributed by atoms with Gasteiger partial charge >= 0.3 is 0 Å². The van der Waals surface area contributed by atoms with E-state index in [0.717, 1.165) is 25.2 Å². The van der Waals surface area contributed by atoms with E-state index in [1.54, 1.807) is 0 Å². The van der Waals surface area contributed by atoms with Gasteiger partial charge in [0, 0.05) is 12.6 Å². The second-order valence-corrected chi connectivity index (χ2v) is 3.92. The van der Waals surface area contributed by atoms with Gasteiger partial charge in [0.15, 0.2) is 0 Å². The first-order chi connectivity index (χ1) is 6.58. The third kappa shape index (κ3) is 3.66. The standard InChI is InChI=1S/C11H25N3/c1-6-8-14(9(3)4)11(12)10(7-2)13-5/h9-10,12-13H,6-8H2,1-5H3. The number of nitrogens with one attached hydrogen (secondary N) is 2. The van der Waals surface area contributed by atoms with Crippen LogP contribution in [0.2, 0.25) is 0 Å². The second-order valence-electron chi connectivity index (χ2n) is 3.92. The monoisotopic (exact) mass is 199 g/mol. The molecule has 1 atom stereocenters. The molecule has 0 fully saturated rings. The first kappa shape index (κ1) is 13.4. The molecule has 1 unspecified atom stereocenters. The molecule has 2 N–H and O–H groups in total. The van der Waals surface area contributed by atoms with Crippen LogP contribution in [0.25, 0.3) is 0 Å². The van der Waals surface area contributed by atoms with Crippen LogP contribution in [-0.2, 0) is 0 Å². The normalized spacial score (nSPS) is 13.0. The summed E-state index contributed by atoms with van der Waals surface area (Å²) in [5, 5.41) is 11.3. The van der Waals surface area contributed by atoms with E-state index in [4.69, 9.17) is 5.41 Å². The van der Waals surface area contributed by atoms with Crippen LogP contribution in [0.5, 0.6) is 0 Å². The van der Waals surface area contributed by atoms with Crippen molar-refractivity contribution in [2.24, 2.45) is 0 Å². The van der Waals surface area contributed by atoms with Crippen molar-refractivity contribution in [1.82, 2.24) is 10.2 Å². The second kappa shape index (κ2) is 6.82. The van der Waals surface area contributed by atoms with Crippen molar-refractivity contribution in [3.05, 3.63) is 0 Å². The molecule has 0 bridgehead atoms. The van der Waals surface area contributed by atoms with Crippen molar-refractivity contribution in [3.8, 4) is 0 Å². The number of hydrogen-bond acceptors (Lipinski definition) is 2. The molecule has 0 radical (unpaired) electrons. The molecule has 14 heavy (non-hydrogen) atoms. The van der Waals surface area contributed by atoms with E-state index in [1.165, 1.54) is 0 Å². The molecule has 0 aliphatic heterocycles. The maximum Gasteiger partial charge on any atom is 0.113 e. The van der Waals surface area contributed by atoms with Gasteiger partial charge in [0.05, 0.1) is 6.04 Å². The van der Waals surface area contributed by atoms with E-state index < -0.39 is 0 Å². The molecule has 0 aliphatic rings. The molecule has 0 aromatic heterocycles. The van der Waals surface area contributed by atoms with Crippen LogP contribution in [-0.4, -0.2) is 36.4 Å². The molecular formula is C11H25N3. The highest BCUT2D eigenvalue weighted by molar-refractivity contribution is 5.84. The maximum absolute atomic E-state index is 8.10. The molecule has 0 aliphatic carbocycles. The van der Waals surface area contributed by atoms with E-state index in [-0.39, 0.29) is 6.04 Å². The molecule has 0 saturated heterocycles. The molecule has 0 heterocycles. The third-order valence-corrected chi connectivity index (χ3v) is 2.48. The fourth-order valence-corrected chi connectivity index (χ4v) is 1.63. The lowest BCUT2D eigenvalue weighted by molar-refractivity contribution is 0.331. The highest BCUT2D eigenvalue weighted by atomic mass is 15.2. The average Bonchev–Trinajstić information content (AvgIpc) is 2.15. The lowest BCUT2D eigenvalue weighted by Gasteiger charge is -2.32. The Hall–Kier alpha value is -0.570. The average molecular weight is 199 g/mol. The van der Waals surface area contributed by atoms with E-state index in [9.17, 15) is 0 Å². The maximum atomic E-state index is 8.10. The zero-order chi connectivity index (χ0) is 11.1. The van der Waals surface area contributed by atoms with Gasteiger partial charge in [-0.3, -0.25) is 5.41 Å². The van der Waals surface area contributed by atoms with Crippen LogP contribution in [0.3, 0.4) is 0 Å². The Kier molecular flexibility index (Phi) is 6.54. The van der Waals surface area contributed by atoms with Crippen LogP contribution in [0, 0.1) is 5.41 Å². The van der Waals surface area contributed by atoms with E-state index in [1.807, 2.05) is 7.05 Å². The summed E-state index contributed by atoms with van der Waals surface area (Å²) >= 11 is 0. The number of hydrogen-bond donors (Lipinski definition) is 2. The lowest BCUT2D eigenvalue weighted by Crippen LogP contribution is -2.47. The summed E-state index contributed by atoms with van der Waals surface area (Å²) in [6.07, 6.45) is 2.07. The minimum Gasteiger partial charge on any atom is -0.357 e. The minimum absolute atomic E-state index is 0.198. The summed E-state index contributed by atoms with van der Waals surface area (Å²) in [6.45, 7) is 9.54. The summed E-state index contributed by atoms with van der Waals surface area (Å²) in [5.74, 6) is 0.729. The Morgan fingerprint density at radius 3 is 2.21 bits per heavy atom. The van der Waals surface area contributed by atoms with Gasteiger partial charge in [0.2, 0.25) is 0 Å². The van der Waals surface area contributed by atoms with E-state index in [0.29, 0.717) is 6.04 Å². The number of rotatable bonds is 6. The van der Waals surface area contributed by atoms with Gasteiger partial charge in [-0.25, -0.2) is 0 Å². The molecular weight excluding hydrogens is 174 g/mol. The Labute approximate surface area is 88.4 Å². The first-order valence-electron chi connectivity index (χ1n) is 5.60. The molecule has 0 aromatic carbocycles. The Morgan fingerprint density at radius 1 is 1.36 bits per heavy atom. The predicted molar refractivity (Wildman–Crippen MR) is 63.0 cm³/mol. The summed E-state index contributed by atoms with van der Waals surface area (Å²) in [6, 6.07) is 0.619. The summed E-state index contributed by atoms with van der Waals surface area (Å²) in [5.41, 5.74) is 0. The molecule has 0 rings (SSSR count). The molecule has 3 heteroatoms. The van der Waals surface area contributed by atoms with Crippen LogP contribution in [0.15, 0.2) is 0 Å². The van der Waals surface area contributed by atoms with Gasteiger partial charge < -0.3 is 10.2 Å². The van der Waals surface area contributed by atoms with E-state index >= 15 is 0 Å². The summed E-state index contributed by atoms with van der Waals surface area (Å²) in [4.78, 5) is 2.17. The Morgan fingerprint density at radius 2 is 1.93 bits per heavy atom. The number of amidine groups is 1. The number of nitrogens with zero attached hydrogens (tertiary/aromatic N) is 1. The predicted octanol–water partition coefficient (Wildman–Crippen LogP) is 2.08. The molecule has 3 nitrogen and oxygen atoms in total. The zero-order valence-corrected chi connectivity index (χ0v) is 10.2. The lowest BCUT2D eigenvalue weighted by atomic mass is 10.1. The first-order valence-corrected chi connectivity index (χ1v) is 5.60. The van der Waals surface area contributed by atoms with Gasteiger partial charge in [0.1, 0.15) is 5.84 Å². The van der Waals surface area contributed by atoms with Gasteiger partial charge in [-0.1, -0.05) is 13.8 Å². The molecule has 0 saturated carbocycles. The Balaban J connectivity index is 4.40. The fraction of sp³-hybridized carbons (Fsp3) is 0.909. The van der Waals surface area contributed by atoms with Crippen LogP contribution in [0.1, 0.15) is 40.5 Å². The zero-order valence-electron chi connectivity index (χ0n) is 10.2. The van der Waals surface area contributed by atoms with Crippen molar-refractivity contribution >= 4 is 5.84 Å². The quantitative estimate of drug-likeness (QED) is 0.508. The van der Waals surface area contributed by atoms with Crippen LogP contribution >= 0.6 is 0 Å². The third-order valence-electron chi connectivity index (χ3n) is 2.48. The number of likely N-dealkylation sites (N-methyl/N-ethyl adjacent to an activating group) is 1. The highest BCUT2D eigenvalue weighted by Crippen LogP contribution is 2.05. The topological polar surface area (TPSA) is 39.1 Å². The molecule has 0 aromatic rings. The smallest absolute Gasteiger partial charge is 0.113 e. The van der Waals surface area contributed by atoms with Crippen LogP contribution in [0.4, 0.5) is 0 Å². The minimum atomic E-state index is 0.198. The van der Waals surface area contributed by atoms with Crippen molar-refractivity contribution in [3.63, 3.8) is 0 Å². The van der Waals surface area contributed by atoms with Gasteiger partial charge in [-0.2, -0.15) is 0 Å². The van der Waals surface area contributed by atoms with E-state index in [2.05, 4.69) is 37.9 Å². The fourth-order valence-electron chi connectivity index (χ4n) is 1.63. The largest absolute Gasteiger partial charge is 0.357 e. The van der Waals surface area contributed by atoms with Crippen LogP contribution < -0.4 is 5.32 Å². The SMILES string of the molecule is CCCN(C(=N)C(CC)NC)C(C)C. The van der Waals surface area contributed by atoms with Crippen molar-refractivity contribution < 1.29 is 0 Å². The van der Waals surface area contributed by atoms with Crippen molar-refractivity contribution in [2.45, 2.75) is 52.6 Å². The Bertz CT molecular complexity index is 162. The summed E-state index contributed by atoms with van der Waals surface area (Å²) in [7, 11) is 1.92. The molecule has 84 valence electrons. The van der Waals surface area contributed by atoms with Gasteiger partial charge in [-0.05, 0) is 33.7 Å². The van der Waals surface area contributed by atoms with Gasteiger partial charge in [0.25, 0.3) is 0 Å². The van der Waals surface area contributed by atoms with Crippen molar-refractivity contribution in [1.29, 1.82) is 5.41 Å².